The highest BCUT2D eigenvalue weighted by Gasteiger charge is 2.20. The van der Waals surface area contributed by atoms with Gasteiger partial charge in [-0.2, -0.15) is 0 Å². The normalized spacial score (nSPS) is 13.3. The first-order chi connectivity index (χ1) is 10.2. The molecule has 21 heavy (non-hydrogen) atoms. The molecule has 0 spiro atoms. The monoisotopic (exact) mass is 305 g/mol. The first kappa shape index (κ1) is 14.3. The minimum atomic E-state index is -0.443. The zero-order valence-electron chi connectivity index (χ0n) is 11.9. The fourth-order valence-electron chi connectivity index (χ4n) is 2.59. The van der Waals surface area contributed by atoms with Gasteiger partial charge in [0.1, 0.15) is 11.6 Å². The summed E-state index contributed by atoms with van der Waals surface area (Å²) < 4.78 is 13.6. The lowest BCUT2D eigenvalue weighted by Crippen LogP contribution is -2.08. The Balaban J connectivity index is 2.04. The van der Waals surface area contributed by atoms with Gasteiger partial charge < -0.3 is 5.32 Å². The molecule has 0 saturated heterocycles. The third-order valence-electron chi connectivity index (χ3n) is 3.65. The molecule has 0 amide bonds. The largest absolute Gasteiger partial charge is 0.370 e. The van der Waals surface area contributed by atoms with Crippen LogP contribution in [0.2, 0.25) is 5.02 Å². The predicted molar refractivity (Wildman–Crippen MR) is 83.2 cm³/mol. The Morgan fingerprint density at radius 1 is 1.29 bits per heavy atom. The molecule has 0 bridgehead atoms. The van der Waals surface area contributed by atoms with Crippen LogP contribution in [-0.4, -0.2) is 16.5 Å². The number of hydrogen-bond donors (Lipinski definition) is 1. The fourth-order valence-corrected chi connectivity index (χ4v) is 2.70. The minimum absolute atomic E-state index is 0.115. The van der Waals surface area contributed by atoms with Crippen LogP contribution in [0, 0.1) is 5.82 Å². The third-order valence-corrected chi connectivity index (χ3v) is 3.96. The first-order valence-electron chi connectivity index (χ1n) is 7.28. The second kappa shape index (κ2) is 5.98. The van der Waals surface area contributed by atoms with Gasteiger partial charge in [-0.1, -0.05) is 18.5 Å². The van der Waals surface area contributed by atoms with Crippen LogP contribution in [0.4, 0.5) is 10.2 Å². The number of rotatable bonds is 4. The van der Waals surface area contributed by atoms with Gasteiger partial charge in [0, 0.05) is 23.4 Å². The highest BCUT2D eigenvalue weighted by molar-refractivity contribution is 6.30. The number of benzene rings is 1. The molecule has 0 saturated carbocycles. The minimum Gasteiger partial charge on any atom is -0.370 e. The van der Waals surface area contributed by atoms with Crippen LogP contribution in [0.1, 0.15) is 31.0 Å². The lowest BCUT2D eigenvalue weighted by molar-refractivity contribution is 0.628. The summed E-state index contributed by atoms with van der Waals surface area (Å²) in [4.78, 5) is 9.19. The summed E-state index contributed by atoms with van der Waals surface area (Å²) in [5, 5.41) is 3.47. The number of aromatic nitrogens is 2. The van der Waals surface area contributed by atoms with Gasteiger partial charge >= 0.3 is 0 Å². The highest BCUT2D eigenvalue weighted by atomic mass is 35.5. The van der Waals surface area contributed by atoms with Crippen molar-refractivity contribution in [2.75, 3.05) is 11.9 Å². The van der Waals surface area contributed by atoms with E-state index in [1.165, 1.54) is 11.6 Å². The van der Waals surface area contributed by atoms with E-state index >= 15 is 0 Å². The molecule has 0 unspecified atom stereocenters. The maximum atomic E-state index is 13.6. The van der Waals surface area contributed by atoms with E-state index in [2.05, 4.69) is 22.2 Å². The number of anilines is 1. The molecular weight excluding hydrogens is 289 g/mol. The number of fused-ring (bicyclic) bond motifs is 1. The van der Waals surface area contributed by atoms with Crippen molar-refractivity contribution in [3.05, 3.63) is 40.3 Å². The van der Waals surface area contributed by atoms with Crippen molar-refractivity contribution >= 4 is 17.4 Å². The van der Waals surface area contributed by atoms with Gasteiger partial charge in [0.25, 0.3) is 0 Å². The van der Waals surface area contributed by atoms with Gasteiger partial charge in [0.05, 0.1) is 5.02 Å². The average Bonchev–Trinajstić information content (AvgIpc) is 2.96. The van der Waals surface area contributed by atoms with Crippen LogP contribution < -0.4 is 5.32 Å². The average molecular weight is 306 g/mol. The van der Waals surface area contributed by atoms with Crippen LogP contribution in [0.5, 0.6) is 0 Å². The number of nitrogens with zero attached hydrogens (tertiary/aromatic N) is 2. The van der Waals surface area contributed by atoms with E-state index < -0.39 is 5.82 Å². The Kier molecular flexibility index (Phi) is 4.06. The molecule has 0 aliphatic heterocycles. The van der Waals surface area contributed by atoms with Crippen molar-refractivity contribution in [1.29, 1.82) is 0 Å². The number of nitrogens with one attached hydrogen (secondary N) is 1. The molecule has 0 fully saturated rings. The molecule has 1 aromatic heterocycles. The van der Waals surface area contributed by atoms with Crippen molar-refractivity contribution in [2.24, 2.45) is 0 Å². The van der Waals surface area contributed by atoms with Crippen LogP contribution >= 0.6 is 11.6 Å². The van der Waals surface area contributed by atoms with E-state index in [0.29, 0.717) is 11.4 Å². The van der Waals surface area contributed by atoms with Crippen LogP contribution in [0.3, 0.4) is 0 Å². The SMILES string of the molecule is CCCNc1nc(-c2ccc(Cl)c(F)c2)nc2c1CCC2. The van der Waals surface area contributed by atoms with Crippen LogP contribution in [0.15, 0.2) is 18.2 Å². The molecule has 0 radical (unpaired) electrons. The van der Waals surface area contributed by atoms with Crippen LogP contribution in [0.25, 0.3) is 11.4 Å². The van der Waals surface area contributed by atoms with Gasteiger partial charge in [-0.05, 0) is 43.9 Å². The molecular formula is C16H17ClFN3. The van der Waals surface area contributed by atoms with Crippen LogP contribution in [-0.2, 0) is 12.8 Å². The zero-order valence-corrected chi connectivity index (χ0v) is 12.7. The van der Waals surface area contributed by atoms with Crippen molar-refractivity contribution in [1.82, 2.24) is 9.97 Å². The van der Waals surface area contributed by atoms with Gasteiger partial charge in [-0.25, -0.2) is 14.4 Å². The van der Waals surface area contributed by atoms with Crippen molar-refractivity contribution in [3.63, 3.8) is 0 Å². The number of aryl methyl sites for hydroxylation is 1. The van der Waals surface area contributed by atoms with Gasteiger partial charge in [0.2, 0.25) is 0 Å². The summed E-state index contributed by atoms with van der Waals surface area (Å²) in [7, 11) is 0. The Bertz CT molecular complexity index is 673. The zero-order chi connectivity index (χ0) is 14.8. The van der Waals surface area contributed by atoms with E-state index in [-0.39, 0.29) is 5.02 Å². The van der Waals surface area contributed by atoms with Gasteiger partial charge in [0.15, 0.2) is 5.82 Å². The quantitative estimate of drug-likeness (QED) is 0.917. The second-order valence-electron chi connectivity index (χ2n) is 5.23. The van der Waals surface area contributed by atoms with E-state index in [9.17, 15) is 4.39 Å². The Labute approximate surface area is 128 Å². The van der Waals surface area contributed by atoms with E-state index in [1.54, 1.807) is 12.1 Å². The van der Waals surface area contributed by atoms with E-state index in [1.807, 2.05) is 0 Å². The van der Waals surface area contributed by atoms with Crippen molar-refractivity contribution in [3.8, 4) is 11.4 Å². The molecule has 1 N–H and O–H groups in total. The summed E-state index contributed by atoms with van der Waals surface area (Å²) in [6.45, 7) is 2.99. The molecule has 1 aliphatic carbocycles. The van der Waals surface area contributed by atoms with Crippen molar-refractivity contribution < 1.29 is 4.39 Å². The Morgan fingerprint density at radius 3 is 2.90 bits per heavy atom. The summed E-state index contributed by atoms with van der Waals surface area (Å²) in [6, 6.07) is 4.69. The molecule has 3 rings (SSSR count). The lowest BCUT2D eigenvalue weighted by Gasteiger charge is -2.12. The summed E-state index contributed by atoms with van der Waals surface area (Å²) >= 11 is 5.73. The Hall–Kier alpha value is -1.68. The first-order valence-corrected chi connectivity index (χ1v) is 7.66. The fraction of sp³-hybridized carbons (Fsp3) is 0.375. The van der Waals surface area contributed by atoms with Gasteiger partial charge in [-0.3, -0.25) is 0 Å². The standard InChI is InChI=1S/C16H17ClFN3/c1-2-8-19-16-11-4-3-5-14(11)20-15(21-16)10-6-7-12(17)13(18)9-10/h6-7,9H,2-5,8H2,1H3,(H,19,20,21). The second-order valence-corrected chi connectivity index (χ2v) is 5.64. The molecule has 110 valence electrons. The summed E-state index contributed by atoms with van der Waals surface area (Å²) in [6.07, 6.45) is 4.10. The summed E-state index contributed by atoms with van der Waals surface area (Å²) in [5.74, 6) is 1.01. The maximum absolute atomic E-state index is 13.6. The summed E-state index contributed by atoms with van der Waals surface area (Å²) in [5.41, 5.74) is 2.95. The Morgan fingerprint density at radius 2 is 2.14 bits per heavy atom. The third kappa shape index (κ3) is 2.86. The molecule has 3 nitrogen and oxygen atoms in total. The van der Waals surface area contributed by atoms with E-state index in [4.69, 9.17) is 11.6 Å². The van der Waals surface area contributed by atoms with Crippen molar-refractivity contribution in [2.45, 2.75) is 32.6 Å². The molecule has 0 atom stereocenters. The van der Waals surface area contributed by atoms with E-state index in [0.717, 1.165) is 43.7 Å². The lowest BCUT2D eigenvalue weighted by atomic mass is 10.1. The highest BCUT2D eigenvalue weighted by Crippen LogP contribution is 2.30. The molecule has 5 heteroatoms. The maximum Gasteiger partial charge on any atom is 0.161 e. The predicted octanol–water partition coefficient (Wildman–Crippen LogP) is 4.25. The topological polar surface area (TPSA) is 37.8 Å². The molecule has 1 aliphatic rings. The molecule has 2 aromatic rings. The smallest absolute Gasteiger partial charge is 0.161 e. The number of halogens is 2. The number of hydrogen-bond acceptors (Lipinski definition) is 3. The molecule has 1 aromatic carbocycles. The molecule has 1 heterocycles. The van der Waals surface area contributed by atoms with Gasteiger partial charge in [-0.15, -0.1) is 0 Å².